The highest BCUT2D eigenvalue weighted by molar-refractivity contribution is 7.99. The molecule has 4 rings (SSSR count). The van der Waals surface area contributed by atoms with Crippen molar-refractivity contribution in [1.82, 2.24) is 24.8 Å². The highest BCUT2D eigenvalue weighted by Crippen LogP contribution is 2.23. The molecular weight excluding hydrogens is 384 g/mol. The van der Waals surface area contributed by atoms with Crippen LogP contribution in [0.4, 0.5) is 5.69 Å². The zero-order valence-corrected chi connectivity index (χ0v) is 17.2. The molecule has 1 amide bonds. The van der Waals surface area contributed by atoms with Crippen molar-refractivity contribution in [3.63, 3.8) is 0 Å². The average molecular weight is 404 g/mol. The van der Waals surface area contributed by atoms with Gasteiger partial charge < -0.3 is 5.32 Å². The highest BCUT2D eigenvalue weighted by Gasteiger charge is 2.12. The number of pyridine rings is 1. The van der Waals surface area contributed by atoms with Crippen LogP contribution in [0.2, 0.25) is 0 Å². The van der Waals surface area contributed by atoms with Crippen molar-refractivity contribution in [2.24, 2.45) is 0 Å². The lowest BCUT2D eigenvalue weighted by atomic mass is 10.1. The van der Waals surface area contributed by atoms with Gasteiger partial charge in [0.25, 0.3) is 0 Å². The second-order valence-electron chi connectivity index (χ2n) is 6.82. The van der Waals surface area contributed by atoms with E-state index in [2.05, 4.69) is 37.7 Å². The quantitative estimate of drug-likeness (QED) is 0.509. The van der Waals surface area contributed by atoms with Gasteiger partial charge in [0, 0.05) is 23.6 Å². The van der Waals surface area contributed by atoms with Gasteiger partial charge in [0.05, 0.1) is 5.75 Å². The highest BCUT2D eigenvalue weighted by atomic mass is 32.2. The minimum absolute atomic E-state index is 0.0665. The maximum atomic E-state index is 12.5. The monoisotopic (exact) mass is 404 g/mol. The van der Waals surface area contributed by atoms with Crippen molar-refractivity contribution in [2.45, 2.75) is 25.8 Å². The molecule has 0 aliphatic rings. The number of amides is 1. The van der Waals surface area contributed by atoms with E-state index < -0.39 is 0 Å². The number of benzene rings is 1. The predicted octanol–water partition coefficient (Wildman–Crippen LogP) is 3.84. The Morgan fingerprint density at radius 3 is 2.62 bits per heavy atom. The fourth-order valence-corrected chi connectivity index (χ4v) is 3.87. The van der Waals surface area contributed by atoms with E-state index in [0.717, 1.165) is 27.4 Å². The maximum absolute atomic E-state index is 12.5. The lowest BCUT2D eigenvalue weighted by Crippen LogP contribution is -2.16. The third-order valence-corrected chi connectivity index (χ3v) is 5.37. The van der Waals surface area contributed by atoms with Crippen molar-refractivity contribution >= 4 is 29.0 Å². The Kier molecular flexibility index (Phi) is 5.26. The first-order valence-corrected chi connectivity index (χ1v) is 10.1. The molecule has 3 heterocycles. The number of aryl methyl sites for hydroxylation is 3. The van der Waals surface area contributed by atoms with Gasteiger partial charge in [0.15, 0.2) is 11.5 Å². The Labute approximate surface area is 172 Å². The van der Waals surface area contributed by atoms with E-state index in [1.807, 2.05) is 45.0 Å². The van der Waals surface area contributed by atoms with Crippen LogP contribution in [0.15, 0.2) is 53.8 Å². The fraction of sp³-hybridized carbons (Fsp3) is 0.190. The summed E-state index contributed by atoms with van der Waals surface area (Å²) in [6.45, 7) is 6.06. The summed E-state index contributed by atoms with van der Waals surface area (Å²) in [6.07, 6.45) is 3.43. The van der Waals surface area contributed by atoms with Crippen LogP contribution >= 0.6 is 11.8 Å². The van der Waals surface area contributed by atoms with Crippen molar-refractivity contribution in [3.05, 3.63) is 65.5 Å². The van der Waals surface area contributed by atoms with Crippen LogP contribution in [0, 0.1) is 20.8 Å². The summed E-state index contributed by atoms with van der Waals surface area (Å²) in [4.78, 5) is 16.6. The molecule has 0 bridgehead atoms. The van der Waals surface area contributed by atoms with E-state index in [0.29, 0.717) is 11.5 Å². The summed E-state index contributed by atoms with van der Waals surface area (Å²) >= 11 is 1.37. The molecule has 4 aromatic rings. The first kappa shape index (κ1) is 19.1. The lowest BCUT2D eigenvalue weighted by molar-refractivity contribution is -0.113. The van der Waals surface area contributed by atoms with E-state index in [1.54, 1.807) is 16.9 Å². The van der Waals surface area contributed by atoms with Crippen molar-refractivity contribution in [2.75, 3.05) is 11.1 Å². The van der Waals surface area contributed by atoms with Gasteiger partial charge in [-0.1, -0.05) is 29.5 Å². The molecule has 7 nitrogen and oxygen atoms in total. The number of anilines is 1. The second-order valence-corrected chi connectivity index (χ2v) is 7.81. The van der Waals surface area contributed by atoms with Crippen molar-refractivity contribution < 1.29 is 4.79 Å². The molecule has 0 atom stereocenters. The maximum Gasteiger partial charge on any atom is 0.234 e. The fourth-order valence-electron chi connectivity index (χ4n) is 3.22. The Morgan fingerprint density at radius 2 is 1.90 bits per heavy atom. The standard InChI is InChI=1S/C21H20N6OS/c1-13-9-14(2)20(15(3)10-13)23-18(28)12-29-19-7-6-17-24-25-21(27(17)26-19)16-5-4-8-22-11-16/h4-11H,12H2,1-3H3,(H,23,28). The van der Waals surface area contributed by atoms with E-state index in [9.17, 15) is 4.79 Å². The molecule has 146 valence electrons. The molecule has 0 fully saturated rings. The summed E-state index contributed by atoms with van der Waals surface area (Å²) in [5.41, 5.74) is 5.66. The Hall–Kier alpha value is -3.26. The molecule has 0 aliphatic heterocycles. The zero-order valence-electron chi connectivity index (χ0n) is 16.4. The third kappa shape index (κ3) is 4.12. The van der Waals surface area contributed by atoms with Gasteiger partial charge in [-0.3, -0.25) is 9.78 Å². The summed E-state index contributed by atoms with van der Waals surface area (Å²) in [7, 11) is 0. The number of carbonyl (C=O) groups is 1. The van der Waals surface area contributed by atoms with Crippen molar-refractivity contribution in [3.8, 4) is 11.4 Å². The van der Waals surface area contributed by atoms with Gasteiger partial charge in [0.2, 0.25) is 5.91 Å². The molecule has 0 aliphatic carbocycles. The van der Waals surface area contributed by atoms with Gasteiger partial charge in [-0.15, -0.1) is 10.2 Å². The number of hydrogen-bond acceptors (Lipinski definition) is 6. The summed E-state index contributed by atoms with van der Waals surface area (Å²) in [5, 5.41) is 16.7. The van der Waals surface area contributed by atoms with Gasteiger partial charge in [-0.05, 0) is 56.2 Å². The minimum Gasteiger partial charge on any atom is -0.325 e. The van der Waals surface area contributed by atoms with E-state index >= 15 is 0 Å². The molecule has 1 N–H and O–H groups in total. The predicted molar refractivity (Wildman–Crippen MR) is 114 cm³/mol. The number of aromatic nitrogens is 5. The van der Waals surface area contributed by atoms with Crippen LogP contribution in [-0.4, -0.2) is 36.5 Å². The summed E-state index contributed by atoms with van der Waals surface area (Å²) in [5.74, 6) is 0.810. The van der Waals surface area contributed by atoms with Crippen LogP contribution < -0.4 is 5.32 Å². The van der Waals surface area contributed by atoms with E-state index in [-0.39, 0.29) is 11.7 Å². The Balaban J connectivity index is 1.49. The van der Waals surface area contributed by atoms with Crippen LogP contribution in [-0.2, 0) is 4.79 Å². The molecule has 0 unspecified atom stereocenters. The van der Waals surface area contributed by atoms with Crippen LogP contribution in [0.25, 0.3) is 17.0 Å². The van der Waals surface area contributed by atoms with Gasteiger partial charge in [0.1, 0.15) is 5.03 Å². The summed E-state index contributed by atoms with van der Waals surface area (Å²) in [6, 6.07) is 11.6. The number of fused-ring (bicyclic) bond motifs is 1. The SMILES string of the molecule is Cc1cc(C)c(NC(=O)CSc2ccc3nnc(-c4cccnc4)n3n2)c(C)c1. The van der Waals surface area contributed by atoms with E-state index in [1.165, 1.54) is 17.3 Å². The van der Waals surface area contributed by atoms with Crippen LogP contribution in [0.5, 0.6) is 0 Å². The molecule has 29 heavy (non-hydrogen) atoms. The molecule has 1 aromatic carbocycles. The number of rotatable bonds is 5. The van der Waals surface area contributed by atoms with E-state index in [4.69, 9.17) is 0 Å². The zero-order chi connectivity index (χ0) is 20.4. The first-order valence-electron chi connectivity index (χ1n) is 9.14. The minimum atomic E-state index is -0.0665. The van der Waals surface area contributed by atoms with Crippen molar-refractivity contribution in [1.29, 1.82) is 0 Å². The van der Waals surface area contributed by atoms with Gasteiger partial charge >= 0.3 is 0 Å². The van der Waals surface area contributed by atoms with Gasteiger partial charge in [-0.2, -0.15) is 9.61 Å². The number of carbonyl (C=O) groups excluding carboxylic acids is 1. The molecule has 3 aromatic heterocycles. The third-order valence-electron chi connectivity index (χ3n) is 4.45. The molecule has 8 heteroatoms. The Bertz CT molecular complexity index is 1170. The molecular formula is C21H20N6OS. The number of thioether (sulfide) groups is 1. The number of hydrogen-bond donors (Lipinski definition) is 1. The second kappa shape index (κ2) is 8.00. The summed E-state index contributed by atoms with van der Waals surface area (Å²) < 4.78 is 1.67. The largest absolute Gasteiger partial charge is 0.325 e. The molecule has 0 saturated carbocycles. The van der Waals surface area contributed by atoms with Crippen LogP contribution in [0.1, 0.15) is 16.7 Å². The molecule has 0 spiro atoms. The lowest BCUT2D eigenvalue weighted by Gasteiger charge is -2.12. The molecule has 0 saturated heterocycles. The Morgan fingerprint density at radius 1 is 1.10 bits per heavy atom. The topological polar surface area (TPSA) is 85.1 Å². The van der Waals surface area contributed by atoms with Crippen LogP contribution in [0.3, 0.4) is 0 Å². The normalized spacial score (nSPS) is 11.0. The first-order chi connectivity index (χ1) is 14.0. The van der Waals surface area contributed by atoms with Gasteiger partial charge in [-0.25, -0.2) is 0 Å². The smallest absolute Gasteiger partial charge is 0.234 e. The molecule has 0 radical (unpaired) electrons. The number of nitrogens with one attached hydrogen (secondary N) is 1. The average Bonchev–Trinajstić information content (AvgIpc) is 3.13. The number of nitrogens with zero attached hydrogens (tertiary/aromatic N) is 5.